The molecule has 1 N–H and O–H groups in total. The predicted octanol–water partition coefficient (Wildman–Crippen LogP) is 2.40. The van der Waals surface area contributed by atoms with Gasteiger partial charge in [0.05, 0.1) is 18.6 Å². The van der Waals surface area contributed by atoms with Gasteiger partial charge in [0.15, 0.2) is 0 Å². The van der Waals surface area contributed by atoms with Crippen molar-refractivity contribution in [3.8, 4) is 17.9 Å². The summed E-state index contributed by atoms with van der Waals surface area (Å²) < 4.78 is 0. The third-order valence-corrected chi connectivity index (χ3v) is 3.07. The fourth-order valence-corrected chi connectivity index (χ4v) is 1.97. The van der Waals surface area contributed by atoms with E-state index in [1.165, 1.54) is 5.56 Å². The molecule has 0 amide bonds. The van der Waals surface area contributed by atoms with E-state index in [0.29, 0.717) is 6.42 Å². The van der Waals surface area contributed by atoms with Crippen molar-refractivity contribution in [2.45, 2.75) is 26.8 Å². The van der Waals surface area contributed by atoms with Gasteiger partial charge in [-0.1, -0.05) is 37.0 Å². The number of nitriles is 1. The second kappa shape index (κ2) is 9.15. The van der Waals surface area contributed by atoms with Gasteiger partial charge in [-0.05, 0) is 25.1 Å². The molecule has 0 fully saturated rings. The molecule has 1 rings (SSSR count). The second-order valence-electron chi connectivity index (χ2n) is 4.79. The van der Waals surface area contributed by atoms with Gasteiger partial charge in [0.2, 0.25) is 0 Å². The number of aliphatic hydroxyl groups is 1. The van der Waals surface area contributed by atoms with Crippen molar-refractivity contribution in [1.82, 2.24) is 4.90 Å². The van der Waals surface area contributed by atoms with Crippen LogP contribution in [0.4, 0.5) is 0 Å². The molecule has 0 spiro atoms. The van der Waals surface area contributed by atoms with E-state index in [-0.39, 0.29) is 12.5 Å². The topological polar surface area (TPSA) is 47.3 Å². The Bertz CT molecular complexity index is 508. The minimum Gasteiger partial charge on any atom is -0.395 e. The summed E-state index contributed by atoms with van der Waals surface area (Å²) in [4.78, 5) is 2.25. The van der Waals surface area contributed by atoms with E-state index in [1.54, 1.807) is 0 Å². The van der Waals surface area contributed by atoms with Gasteiger partial charge in [-0.25, -0.2) is 0 Å². The fourth-order valence-electron chi connectivity index (χ4n) is 1.97. The molecular weight excluding hydrogens is 248 g/mol. The van der Waals surface area contributed by atoms with Crippen LogP contribution in [0.1, 0.15) is 31.4 Å². The zero-order valence-electron chi connectivity index (χ0n) is 12.3. The Labute approximate surface area is 121 Å². The molecule has 1 aromatic carbocycles. The molecule has 0 aliphatic carbocycles. The Balaban J connectivity index is 2.81. The van der Waals surface area contributed by atoms with Gasteiger partial charge in [0.25, 0.3) is 0 Å². The highest BCUT2D eigenvalue weighted by molar-refractivity contribution is 5.41. The summed E-state index contributed by atoms with van der Waals surface area (Å²) in [6, 6.07) is 10.3. The average Bonchev–Trinajstić information content (AvgIpc) is 2.48. The van der Waals surface area contributed by atoms with Gasteiger partial charge in [-0.2, -0.15) is 5.26 Å². The maximum Gasteiger partial charge on any atom is 0.0666 e. The van der Waals surface area contributed by atoms with Gasteiger partial charge in [-0.15, -0.1) is 0 Å². The largest absolute Gasteiger partial charge is 0.395 e. The van der Waals surface area contributed by atoms with Gasteiger partial charge >= 0.3 is 0 Å². The molecule has 0 saturated carbocycles. The Morgan fingerprint density at radius 2 is 2.10 bits per heavy atom. The highest BCUT2D eigenvalue weighted by Gasteiger charge is 2.10. The summed E-state index contributed by atoms with van der Waals surface area (Å²) in [5.41, 5.74) is 2.17. The van der Waals surface area contributed by atoms with Crippen LogP contribution < -0.4 is 0 Å². The highest BCUT2D eigenvalue weighted by Crippen LogP contribution is 2.12. The average molecular weight is 270 g/mol. The highest BCUT2D eigenvalue weighted by atomic mass is 16.2. The zero-order valence-corrected chi connectivity index (χ0v) is 12.3. The Hall–Kier alpha value is -1.81. The number of aliphatic hydroxyl groups excluding tert-OH is 1. The Kier molecular flexibility index (Phi) is 7.43. The van der Waals surface area contributed by atoms with Gasteiger partial charge in [0.1, 0.15) is 0 Å². The lowest BCUT2D eigenvalue weighted by Gasteiger charge is -2.22. The van der Waals surface area contributed by atoms with Crippen LogP contribution in [-0.4, -0.2) is 29.7 Å². The van der Waals surface area contributed by atoms with E-state index in [2.05, 4.69) is 35.8 Å². The first-order valence-electron chi connectivity index (χ1n) is 7.00. The standard InChI is InChI=1S/C17H22N2O/c1-3-19(13-15(2)12-18)14-17-10-5-4-8-16(17)9-6-7-11-20/h4-5,8,10,15,20H,3,7,11,13-14H2,1-2H3. The quantitative estimate of drug-likeness (QED) is 0.807. The van der Waals surface area contributed by atoms with Crippen LogP contribution in [0.25, 0.3) is 0 Å². The number of hydrogen-bond donors (Lipinski definition) is 1. The number of nitrogens with zero attached hydrogens (tertiary/aromatic N) is 2. The molecule has 0 bridgehead atoms. The van der Waals surface area contributed by atoms with Crippen molar-refractivity contribution >= 4 is 0 Å². The molecular formula is C17H22N2O. The molecule has 3 heteroatoms. The van der Waals surface area contributed by atoms with Crippen molar-refractivity contribution in [3.63, 3.8) is 0 Å². The molecule has 0 heterocycles. The third-order valence-electron chi connectivity index (χ3n) is 3.07. The molecule has 1 aromatic rings. The smallest absolute Gasteiger partial charge is 0.0666 e. The molecule has 0 saturated heterocycles. The van der Waals surface area contributed by atoms with Crippen molar-refractivity contribution in [2.24, 2.45) is 5.92 Å². The lowest BCUT2D eigenvalue weighted by molar-refractivity contribution is 0.260. The van der Waals surface area contributed by atoms with E-state index in [0.717, 1.165) is 25.2 Å². The SMILES string of the molecule is CCN(Cc1ccccc1C#CCCO)CC(C)C#N. The van der Waals surface area contributed by atoms with E-state index < -0.39 is 0 Å². The minimum atomic E-state index is 0.0302. The summed E-state index contributed by atoms with van der Waals surface area (Å²) in [6.45, 7) is 6.61. The molecule has 20 heavy (non-hydrogen) atoms. The lowest BCUT2D eigenvalue weighted by Crippen LogP contribution is -2.27. The molecule has 0 radical (unpaired) electrons. The number of hydrogen-bond acceptors (Lipinski definition) is 3. The maximum absolute atomic E-state index is 8.92. The first-order valence-corrected chi connectivity index (χ1v) is 7.00. The number of rotatable bonds is 6. The molecule has 3 nitrogen and oxygen atoms in total. The summed E-state index contributed by atoms with van der Waals surface area (Å²) >= 11 is 0. The van der Waals surface area contributed by atoms with Crippen molar-refractivity contribution in [2.75, 3.05) is 19.7 Å². The predicted molar refractivity (Wildman–Crippen MR) is 80.8 cm³/mol. The summed E-state index contributed by atoms with van der Waals surface area (Å²) in [7, 11) is 0. The van der Waals surface area contributed by atoms with E-state index in [4.69, 9.17) is 10.4 Å². The molecule has 1 atom stereocenters. The minimum absolute atomic E-state index is 0.0302. The van der Waals surface area contributed by atoms with E-state index in [9.17, 15) is 0 Å². The van der Waals surface area contributed by atoms with Gasteiger partial charge < -0.3 is 5.11 Å². The van der Waals surface area contributed by atoms with Gasteiger partial charge in [0, 0.05) is 25.1 Å². The van der Waals surface area contributed by atoms with Crippen LogP contribution in [0.2, 0.25) is 0 Å². The molecule has 106 valence electrons. The third kappa shape index (κ3) is 5.45. The Morgan fingerprint density at radius 1 is 1.35 bits per heavy atom. The zero-order chi connectivity index (χ0) is 14.8. The van der Waals surface area contributed by atoms with E-state index >= 15 is 0 Å². The monoisotopic (exact) mass is 270 g/mol. The van der Waals surface area contributed by atoms with Crippen LogP contribution in [0.15, 0.2) is 24.3 Å². The van der Waals surface area contributed by atoms with Crippen molar-refractivity contribution in [3.05, 3.63) is 35.4 Å². The van der Waals surface area contributed by atoms with Crippen LogP contribution in [-0.2, 0) is 6.54 Å². The van der Waals surface area contributed by atoms with Crippen LogP contribution in [0.5, 0.6) is 0 Å². The Morgan fingerprint density at radius 3 is 2.75 bits per heavy atom. The number of benzene rings is 1. The summed E-state index contributed by atoms with van der Waals surface area (Å²) in [5, 5.41) is 17.7. The molecule has 0 aliphatic heterocycles. The van der Waals surface area contributed by atoms with Crippen molar-refractivity contribution < 1.29 is 5.11 Å². The van der Waals surface area contributed by atoms with Crippen molar-refractivity contribution in [1.29, 1.82) is 5.26 Å². The second-order valence-corrected chi connectivity index (χ2v) is 4.79. The fraction of sp³-hybridized carbons (Fsp3) is 0.471. The maximum atomic E-state index is 8.92. The molecule has 0 aromatic heterocycles. The summed E-state index contributed by atoms with van der Waals surface area (Å²) in [5.74, 6) is 6.10. The molecule has 0 aliphatic rings. The van der Waals surface area contributed by atoms with Crippen LogP contribution in [0.3, 0.4) is 0 Å². The first-order chi connectivity index (χ1) is 9.71. The van der Waals surface area contributed by atoms with E-state index in [1.807, 2.05) is 25.1 Å². The summed E-state index contributed by atoms with van der Waals surface area (Å²) in [6.07, 6.45) is 0.497. The lowest BCUT2D eigenvalue weighted by atomic mass is 10.1. The normalized spacial score (nSPS) is 11.6. The molecule has 1 unspecified atom stereocenters. The first kappa shape index (κ1) is 16.2. The van der Waals surface area contributed by atoms with Crippen LogP contribution >= 0.6 is 0 Å². The van der Waals surface area contributed by atoms with Gasteiger partial charge in [-0.3, -0.25) is 4.90 Å². The van der Waals surface area contributed by atoms with Crippen LogP contribution in [0, 0.1) is 29.1 Å².